The Kier molecular flexibility index (Phi) is 9.82. The summed E-state index contributed by atoms with van der Waals surface area (Å²) in [6.07, 6.45) is 3.16. The number of carbonyl (C=O) groups is 2. The number of alkyl halides is 2. The van der Waals surface area contributed by atoms with Gasteiger partial charge in [0.05, 0.1) is 0 Å². The molecule has 0 aromatic heterocycles. The molecule has 0 aliphatic rings. The Hall–Kier alpha value is -0.100. The summed E-state index contributed by atoms with van der Waals surface area (Å²) in [6.45, 7) is 3.62. The summed E-state index contributed by atoms with van der Waals surface area (Å²) in [4.78, 5) is 22.0. The smallest absolute Gasteiger partial charge is 0.322 e. The van der Waals surface area contributed by atoms with Crippen LogP contribution in [-0.2, 0) is 19.1 Å². The molecule has 0 N–H and O–H groups in total. The standard InChI is InChI=1S/C11H18Br2O4/c1-3-5-8(12)10(14)16-7-17-11(15)9(13)6-4-2/h8-9H,3-7H2,1-2H3. The van der Waals surface area contributed by atoms with Gasteiger partial charge in [0.15, 0.2) is 0 Å². The van der Waals surface area contributed by atoms with E-state index in [9.17, 15) is 9.59 Å². The zero-order valence-corrected chi connectivity index (χ0v) is 13.3. The molecule has 0 fully saturated rings. The van der Waals surface area contributed by atoms with Crippen molar-refractivity contribution in [1.82, 2.24) is 0 Å². The molecule has 0 rings (SSSR count). The van der Waals surface area contributed by atoms with Crippen LogP contribution in [0.1, 0.15) is 39.5 Å². The maximum absolute atomic E-state index is 11.3. The van der Waals surface area contributed by atoms with Gasteiger partial charge >= 0.3 is 11.9 Å². The molecule has 100 valence electrons. The fraction of sp³-hybridized carbons (Fsp3) is 0.818. The SMILES string of the molecule is CCCC(Br)C(=O)OCOC(=O)C(Br)CCC. The number of hydrogen-bond acceptors (Lipinski definition) is 4. The lowest BCUT2D eigenvalue weighted by molar-refractivity contribution is -0.166. The van der Waals surface area contributed by atoms with Crippen LogP contribution >= 0.6 is 31.9 Å². The van der Waals surface area contributed by atoms with Crippen molar-refractivity contribution in [3.05, 3.63) is 0 Å². The highest BCUT2D eigenvalue weighted by atomic mass is 79.9. The minimum atomic E-state index is -0.402. The molecule has 0 amide bonds. The van der Waals surface area contributed by atoms with Crippen LogP contribution in [0.5, 0.6) is 0 Å². The average molecular weight is 374 g/mol. The highest BCUT2D eigenvalue weighted by molar-refractivity contribution is 9.10. The fourth-order valence-electron chi connectivity index (χ4n) is 1.07. The number of halogens is 2. The molecule has 0 aromatic rings. The fourth-order valence-corrected chi connectivity index (χ4v) is 2.25. The Morgan fingerprint density at radius 1 is 0.941 bits per heavy atom. The number of hydrogen-bond donors (Lipinski definition) is 0. The molecule has 0 radical (unpaired) electrons. The van der Waals surface area contributed by atoms with Crippen LogP contribution in [0.25, 0.3) is 0 Å². The summed E-state index contributed by atoms with van der Waals surface area (Å²) >= 11 is 6.40. The van der Waals surface area contributed by atoms with Gasteiger partial charge in [-0.1, -0.05) is 58.5 Å². The number of ether oxygens (including phenoxy) is 2. The highest BCUT2D eigenvalue weighted by Gasteiger charge is 2.18. The van der Waals surface area contributed by atoms with Crippen molar-refractivity contribution in [3.8, 4) is 0 Å². The van der Waals surface area contributed by atoms with E-state index in [0.717, 1.165) is 12.8 Å². The number of rotatable bonds is 8. The van der Waals surface area contributed by atoms with Gasteiger partial charge in [-0.25, -0.2) is 0 Å². The topological polar surface area (TPSA) is 52.6 Å². The Balaban J connectivity index is 3.76. The van der Waals surface area contributed by atoms with Gasteiger partial charge < -0.3 is 9.47 Å². The van der Waals surface area contributed by atoms with Gasteiger partial charge in [0.25, 0.3) is 0 Å². The minimum Gasteiger partial charge on any atom is -0.427 e. The van der Waals surface area contributed by atoms with Crippen molar-refractivity contribution in [2.45, 2.75) is 49.2 Å². The molecule has 2 unspecified atom stereocenters. The summed E-state index contributed by atoms with van der Waals surface area (Å²) in [5, 5.41) is 0. The van der Waals surface area contributed by atoms with E-state index in [4.69, 9.17) is 9.47 Å². The summed E-state index contributed by atoms with van der Waals surface area (Å²) in [5.41, 5.74) is 0. The Bertz CT molecular complexity index is 222. The second-order valence-electron chi connectivity index (χ2n) is 3.56. The third-order valence-electron chi connectivity index (χ3n) is 2.00. The number of esters is 2. The van der Waals surface area contributed by atoms with E-state index < -0.39 is 11.9 Å². The van der Waals surface area contributed by atoms with Crippen molar-refractivity contribution in [2.75, 3.05) is 6.79 Å². The van der Waals surface area contributed by atoms with Gasteiger partial charge in [-0.05, 0) is 12.8 Å². The number of carbonyl (C=O) groups excluding carboxylic acids is 2. The summed E-state index contributed by atoms with van der Waals surface area (Å²) < 4.78 is 9.61. The first-order chi connectivity index (χ1) is 8.02. The minimum absolute atomic E-state index is 0.324. The van der Waals surface area contributed by atoms with E-state index in [0.29, 0.717) is 12.8 Å². The molecular weight excluding hydrogens is 356 g/mol. The first-order valence-corrected chi connectivity index (χ1v) is 7.47. The van der Waals surface area contributed by atoms with Crippen LogP contribution in [0.4, 0.5) is 0 Å². The summed E-state index contributed by atoms with van der Waals surface area (Å²) in [6, 6.07) is 0. The van der Waals surface area contributed by atoms with E-state index >= 15 is 0 Å². The Morgan fingerprint density at radius 3 is 1.59 bits per heavy atom. The Labute approximate surface area is 119 Å². The van der Waals surface area contributed by atoms with Gasteiger partial charge in [0.2, 0.25) is 6.79 Å². The molecule has 0 aliphatic heterocycles. The lowest BCUT2D eigenvalue weighted by Gasteiger charge is -2.11. The molecule has 0 saturated carbocycles. The van der Waals surface area contributed by atoms with Crippen LogP contribution in [-0.4, -0.2) is 28.4 Å². The molecule has 0 aliphatic carbocycles. The van der Waals surface area contributed by atoms with Gasteiger partial charge in [-0.15, -0.1) is 0 Å². The van der Waals surface area contributed by atoms with Crippen molar-refractivity contribution in [3.63, 3.8) is 0 Å². The molecule has 0 aromatic carbocycles. The van der Waals surface area contributed by atoms with E-state index in [-0.39, 0.29) is 16.4 Å². The van der Waals surface area contributed by atoms with Crippen LogP contribution in [0, 0.1) is 0 Å². The quantitative estimate of drug-likeness (QED) is 0.372. The maximum Gasteiger partial charge on any atom is 0.322 e. The predicted octanol–water partition coefficient (Wildman–Crippen LogP) is 3.16. The van der Waals surface area contributed by atoms with Crippen molar-refractivity contribution in [1.29, 1.82) is 0 Å². The largest absolute Gasteiger partial charge is 0.427 e. The van der Waals surface area contributed by atoms with Gasteiger partial charge in [0, 0.05) is 0 Å². The molecule has 0 spiro atoms. The average Bonchev–Trinajstić information content (AvgIpc) is 2.29. The van der Waals surface area contributed by atoms with Gasteiger partial charge in [0.1, 0.15) is 9.65 Å². The summed E-state index contributed by atoms with van der Waals surface area (Å²) in [7, 11) is 0. The van der Waals surface area contributed by atoms with Crippen molar-refractivity contribution < 1.29 is 19.1 Å². The first-order valence-electron chi connectivity index (χ1n) is 5.64. The van der Waals surface area contributed by atoms with E-state index in [1.165, 1.54) is 0 Å². The summed E-state index contributed by atoms with van der Waals surface area (Å²) in [5.74, 6) is -0.803. The first kappa shape index (κ1) is 16.9. The lowest BCUT2D eigenvalue weighted by atomic mass is 10.2. The van der Waals surface area contributed by atoms with E-state index in [1.807, 2.05) is 13.8 Å². The zero-order chi connectivity index (χ0) is 13.3. The van der Waals surface area contributed by atoms with Gasteiger partial charge in [-0.2, -0.15) is 0 Å². The lowest BCUT2D eigenvalue weighted by Crippen LogP contribution is -2.23. The molecule has 2 atom stereocenters. The van der Waals surface area contributed by atoms with Crippen LogP contribution in [0.15, 0.2) is 0 Å². The second-order valence-corrected chi connectivity index (χ2v) is 5.77. The monoisotopic (exact) mass is 372 g/mol. The van der Waals surface area contributed by atoms with Gasteiger partial charge in [-0.3, -0.25) is 9.59 Å². The molecule has 0 heterocycles. The molecule has 17 heavy (non-hydrogen) atoms. The predicted molar refractivity (Wildman–Crippen MR) is 72.3 cm³/mol. The molecular formula is C11H18Br2O4. The molecule has 0 bridgehead atoms. The van der Waals surface area contributed by atoms with E-state index in [1.54, 1.807) is 0 Å². The molecule has 4 nitrogen and oxygen atoms in total. The van der Waals surface area contributed by atoms with Crippen LogP contribution in [0.2, 0.25) is 0 Å². The van der Waals surface area contributed by atoms with Crippen LogP contribution in [0.3, 0.4) is 0 Å². The van der Waals surface area contributed by atoms with Crippen molar-refractivity contribution >= 4 is 43.8 Å². The third-order valence-corrected chi connectivity index (χ3v) is 3.66. The molecule has 6 heteroatoms. The normalized spacial score (nSPS) is 13.9. The molecule has 0 saturated heterocycles. The second kappa shape index (κ2) is 9.88. The maximum atomic E-state index is 11.3. The van der Waals surface area contributed by atoms with Crippen LogP contribution < -0.4 is 0 Å². The van der Waals surface area contributed by atoms with Crippen molar-refractivity contribution in [2.24, 2.45) is 0 Å². The highest BCUT2D eigenvalue weighted by Crippen LogP contribution is 2.11. The third kappa shape index (κ3) is 7.76. The Morgan fingerprint density at radius 2 is 1.29 bits per heavy atom. The zero-order valence-electron chi connectivity index (χ0n) is 10.1. The van der Waals surface area contributed by atoms with E-state index in [2.05, 4.69) is 31.9 Å².